The second kappa shape index (κ2) is 5.26. The Labute approximate surface area is 92.0 Å². The van der Waals surface area contributed by atoms with Crippen molar-refractivity contribution in [1.82, 2.24) is 10.6 Å². The van der Waals surface area contributed by atoms with E-state index in [1.165, 1.54) is 12.8 Å². The largest absolute Gasteiger partial charge is 0.311 e. The van der Waals surface area contributed by atoms with Gasteiger partial charge in [-0.05, 0) is 44.7 Å². The van der Waals surface area contributed by atoms with Crippen LogP contribution in [0.15, 0.2) is 0 Å². The molecule has 4 unspecified atom stereocenters. The van der Waals surface area contributed by atoms with Crippen molar-refractivity contribution in [3.8, 4) is 0 Å². The molecule has 2 fully saturated rings. The monoisotopic (exact) mass is 214 g/mol. The number of halogens is 1. The molecule has 2 aliphatic rings. The van der Waals surface area contributed by atoms with E-state index in [9.17, 15) is 4.39 Å². The van der Waals surface area contributed by atoms with E-state index in [1.54, 1.807) is 0 Å². The van der Waals surface area contributed by atoms with E-state index < -0.39 is 6.17 Å². The van der Waals surface area contributed by atoms with Gasteiger partial charge in [-0.2, -0.15) is 0 Å². The van der Waals surface area contributed by atoms with Crippen LogP contribution in [0.2, 0.25) is 0 Å². The van der Waals surface area contributed by atoms with E-state index in [1.807, 2.05) is 0 Å². The lowest BCUT2D eigenvalue weighted by atomic mass is 9.86. The first kappa shape index (κ1) is 11.3. The normalized spacial score (nSPS) is 39.2. The highest BCUT2D eigenvalue weighted by Gasteiger charge is 2.34. The molecule has 88 valence electrons. The van der Waals surface area contributed by atoms with E-state index in [0.29, 0.717) is 0 Å². The number of hydrogen-bond donors (Lipinski definition) is 2. The Morgan fingerprint density at radius 2 is 2.00 bits per heavy atom. The Morgan fingerprint density at radius 1 is 1.20 bits per heavy atom. The van der Waals surface area contributed by atoms with E-state index in [0.717, 1.165) is 38.3 Å². The second-order valence-corrected chi connectivity index (χ2v) is 5.01. The van der Waals surface area contributed by atoms with E-state index in [4.69, 9.17) is 0 Å². The average Bonchev–Trinajstić information content (AvgIpc) is 2.81. The third-order valence-electron chi connectivity index (χ3n) is 3.99. The number of alkyl halides is 1. The molecule has 0 saturated carbocycles. The molecule has 2 nitrogen and oxygen atoms in total. The lowest BCUT2D eigenvalue weighted by Gasteiger charge is -2.34. The molecule has 15 heavy (non-hydrogen) atoms. The fraction of sp³-hybridized carbons (Fsp3) is 1.00. The van der Waals surface area contributed by atoms with Gasteiger partial charge >= 0.3 is 0 Å². The number of nitrogens with one attached hydrogen (secondary N) is 2. The maximum atomic E-state index is 14.2. The molecule has 2 saturated heterocycles. The first-order valence-electron chi connectivity index (χ1n) is 6.42. The summed E-state index contributed by atoms with van der Waals surface area (Å²) in [4.78, 5) is 0. The van der Waals surface area contributed by atoms with Gasteiger partial charge in [0.1, 0.15) is 6.17 Å². The fourth-order valence-electron chi connectivity index (χ4n) is 2.91. The van der Waals surface area contributed by atoms with Gasteiger partial charge in [-0.25, -0.2) is 4.39 Å². The Balaban J connectivity index is 1.85. The molecule has 0 spiro atoms. The first-order chi connectivity index (χ1) is 7.31. The van der Waals surface area contributed by atoms with Crippen LogP contribution in [0.3, 0.4) is 0 Å². The van der Waals surface area contributed by atoms with Gasteiger partial charge in [0.2, 0.25) is 0 Å². The van der Waals surface area contributed by atoms with Crippen molar-refractivity contribution in [2.45, 2.75) is 57.3 Å². The van der Waals surface area contributed by atoms with Crippen LogP contribution in [-0.4, -0.2) is 31.3 Å². The first-order valence-corrected chi connectivity index (χ1v) is 6.42. The number of hydrogen-bond acceptors (Lipinski definition) is 2. The summed E-state index contributed by atoms with van der Waals surface area (Å²) in [5.74, 6) is 0.732. The third kappa shape index (κ3) is 2.70. The maximum absolute atomic E-state index is 14.2. The summed E-state index contributed by atoms with van der Waals surface area (Å²) in [6, 6.07) is 0.206. The molecule has 0 amide bonds. The van der Waals surface area contributed by atoms with Gasteiger partial charge < -0.3 is 10.6 Å². The molecule has 2 N–H and O–H groups in total. The van der Waals surface area contributed by atoms with Crippen molar-refractivity contribution in [1.29, 1.82) is 0 Å². The SMILES string of the molecule is CCC1CCNC(C(F)C2CCCN2)C1. The van der Waals surface area contributed by atoms with Gasteiger partial charge in [-0.3, -0.25) is 0 Å². The van der Waals surface area contributed by atoms with Crippen LogP contribution >= 0.6 is 0 Å². The minimum absolute atomic E-state index is 0.0966. The highest BCUT2D eigenvalue weighted by atomic mass is 19.1. The highest BCUT2D eigenvalue weighted by Crippen LogP contribution is 2.25. The van der Waals surface area contributed by atoms with Crippen LogP contribution in [0.1, 0.15) is 39.0 Å². The third-order valence-corrected chi connectivity index (χ3v) is 3.99. The number of piperidine rings is 1. The van der Waals surface area contributed by atoms with Crippen LogP contribution in [0.5, 0.6) is 0 Å². The van der Waals surface area contributed by atoms with Crippen molar-refractivity contribution >= 4 is 0 Å². The van der Waals surface area contributed by atoms with Crippen LogP contribution in [0, 0.1) is 5.92 Å². The summed E-state index contributed by atoms with van der Waals surface area (Å²) in [5, 5.41) is 6.62. The average molecular weight is 214 g/mol. The summed E-state index contributed by atoms with van der Waals surface area (Å²) in [6.07, 6.45) is 4.89. The molecule has 0 aromatic heterocycles. The van der Waals surface area contributed by atoms with E-state index in [-0.39, 0.29) is 12.1 Å². The molecular weight excluding hydrogens is 191 g/mol. The minimum Gasteiger partial charge on any atom is -0.311 e. The van der Waals surface area contributed by atoms with Crippen molar-refractivity contribution in [3.63, 3.8) is 0 Å². The molecule has 0 radical (unpaired) electrons. The van der Waals surface area contributed by atoms with Crippen LogP contribution in [0.25, 0.3) is 0 Å². The molecule has 0 aliphatic carbocycles. The lowest BCUT2D eigenvalue weighted by molar-refractivity contribution is 0.152. The second-order valence-electron chi connectivity index (χ2n) is 5.01. The zero-order valence-corrected chi connectivity index (χ0v) is 9.64. The topological polar surface area (TPSA) is 24.1 Å². The van der Waals surface area contributed by atoms with Crippen LogP contribution in [-0.2, 0) is 0 Å². The van der Waals surface area contributed by atoms with Crippen molar-refractivity contribution in [3.05, 3.63) is 0 Å². The molecular formula is C12H23FN2. The zero-order valence-electron chi connectivity index (χ0n) is 9.64. The zero-order chi connectivity index (χ0) is 10.7. The summed E-state index contributed by atoms with van der Waals surface area (Å²) in [5.41, 5.74) is 0. The number of rotatable bonds is 3. The van der Waals surface area contributed by atoms with E-state index in [2.05, 4.69) is 17.6 Å². The molecule has 2 aliphatic heterocycles. The lowest BCUT2D eigenvalue weighted by Crippen LogP contribution is -2.50. The summed E-state index contributed by atoms with van der Waals surface area (Å²) < 4.78 is 14.2. The van der Waals surface area contributed by atoms with Gasteiger partial charge in [0, 0.05) is 12.1 Å². The van der Waals surface area contributed by atoms with Crippen molar-refractivity contribution in [2.24, 2.45) is 5.92 Å². The smallest absolute Gasteiger partial charge is 0.131 e. The quantitative estimate of drug-likeness (QED) is 0.749. The molecule has 0 bridgehead atoms. The fourth-order valence-corrected chi connectivity index (χ4v) is 2.91. The molecule has 2 rings (SSSR count). The van der Waals surface area contributed by atoms with E-state index >= 15 is 0 Å². The standard InChI is InChI=1S/C12H23FN2/c1-2-9-5-7-15-11(8-9)12(13)10-4-3-6-14-10/h9-12,14-15H,2-8H2,1H3. The van der Waals surface area contributed by atoms with Gasteiger partial charge in [-0.1, -0.05) is 13.3 Å². The Hall–Kier alpha value is -0.150. The van der Waals surface area contributed by atoms with Gasteiger partial charge in [-0.15, -0.1) is 0 Å². The molecule has 0 aromatic carbocycles. The Kier molecular flexibility index (Phi) is 3.98. The van der Waals surface area contributed by atoms with Crippen molar-refractivity contribution < 1.29 is 4.39 Å². The van der Waals surface area contributed by atoms with Crippen molar-refractivity contribution in [2.75, 3.05) is 13.1 Å². The predicted octanol–water partition coefficient (Wildman–Crippen LogP) is 1.85. The van der Waals surface area contributed by atoms with Gasteiger partial charge in [0.05, 0.1) is 0 Å². The molecule has 3 heteroatoms. The Morgan fingerprint density at radius 3 is 2.67 bits per heavy atom. The van der Waals surface area contributed by atoms with Gasteiger partial charge in [0.25, 0.3) is 0 Å². The molecule has 2 heterocycles. The molecule has 0 aromatic rings. The van der Waals surface area contributed by atoms with Crippen LogP contribution in [0.4, 0.5) is 4.39 Å². The van der Waals surface area contributed by atoms with Crippen LogP contribution < -0.4 is 10.6 Å². The Bertz CT molecular complexity index is 192. The highest BCUT2D eigenvalue weighted by molar-refractivity contribution is 4.92. The predicted molar refractivity (Wildman–Crippen MR) is 60.7 cm³/mol. The molecule has 4 atom stereocenters. The summed E-state index contributed by atoms with van der Waals surface area (Å²) in [7, 11) is 0. The summed E-state index contributed by atoms with van der Waals surface area (Å²) >= 11 is 0. The minimum atomic E-state index is -0.693. The summed E-state index contributed by atoms with van der Waals surface area (Å²) in [6.45, 7) is 4.21. The maximum Gasteiger partial charge on any atom is 0.131 e. The van der Waals surface area contributed by atoms with Gasteiger partial charge in [0.15, 0.2) is 0 Å².